The first-order valence-corrected chi connectivity index (χ1v) is 10.8. The van der Waals surface area contributed by atoms with Crippen LogP contribution in [0.4, 0.5) is 0 Å². The molecular formula is C22H27NO2S. The van der Waals surface area contributed by atoms with Crippen LogP contribution < -0.4 is 5.32 Å². The predicted octanol–water partition coefficient (Wildman–Crippen LogP) is 4.22. The van der Waals surface area contributed by atoms with Gasteiger partial charge in [0.2, 0.25) is 5.91 Å². The van der Waals surface area contributed by atoms with Crippen molar-refractivity contribution in [3.8, 4) is 0 Å². The van der Waals surface area contributed by atoms with Crippen LogP contribution in [0.2, 0.25) is 0 Å². The Labute approximate surface area is 158 Å². The SMILES string of the molecule is CC1CCC(NC(=O)CS(=O)C(c2ccccc2)c2ccccc2)CC1. The van der Waals surface area contributed by atoms with Crippen LogP contribution in [0.15, 0.2) is 60.7 Å². The van der Waals surface area contributed by atoms with Crippen molar-refractivity contribution in [3.63, 3.8) is 0 Å². The first-order chi connectivity index (χ1) is 12.6. The third kappa shape index (κ3) is 5.04. The molecule has 2 aromatic rings. The average Bonchev–Trinajstić information content (AvgIpc) is 2.65. The molecule has 1 fully saturated rings. The molecule has 3 rings (SSSR count). The fraction of sp³-hybridized carbons (Fsp3) is 0.409. The van der Waals surface area contributed by atoms with Gasteiger partial charge in [-0.1, -0.05) is 67.6 Å². The Bertz CT molecular complexity index is 685. The highest BCUT2D eigenvalue weighted by molar-refractivity contribution is 7.86. The monoisotopic (exact) mass is 369 g/mol. The van der Waals surface area contributed by atoms with E-state index in [9.17, 15) is 9.00 Å². The van der Waals surface area contributed by atoms with Gasteiger partial charge in [-0.15, -0.1) is 0 Å². The molecule has 1 saturated carbocycles. The summed E-state index contributed by atoms with van der Waals surface area (Å²) in [5.41, 5.74) is 1.97. The van der Waals surface area contributed by atoms with E-state index in [1.54, 1.807) is 0 Å². The van der Waals surface area contributed by atoms with Crippen molar-refractivity contribution >= 4 is 16.7 Å². The molecule has 0 bridgehead atoms. The van der Waals surface area contributed by atoms with Gasteiger partial charge in [0.15, 0.2) is 0 Å². The molecule has 4 heteroatoms. The van der Waals surface area contributed by atoms with Crippen LogP contribution in [0.1, 0.15) is 49.0 Å². The summed E-state index contributed by atoms with van der Waals surface area (Å²) in [6.07, 6.45) is 4.37. The maximum Gasteiger partial charge on any atom is 0.232 e. The molecule has 1 N–H and O–H groups in total. The lowest BCUT2D eigenvalue weighted by Gasteiger charge is -2.27. The van der Waals surface area contributed by atoms with Crippen LogP contribution >= 0.6 is 0 Å². The molecule has 26 heavy (non-hydrogen) atoms. The van der Waals surface area contributed by atoms with Gasteiger partial charge in [0, 0.05) is 16.8 Å². The second-order valence-corrected chi connectivity index (χ2v) is 8.77. The Kier molecular flexibility index (Phi) is 6.62. The lowest BCUT2D eigenvalue weighted by Crippen LogP contribution is -2.40. The van der Waals surface area contributed by atoms with Gasteiger partial charge in [0.05, 0.1) is 5.25 Å². The maximum atomic E-state index is 13.1. The summed E-state index contributed by atoms with van der Waals surface area (Å²) in [6, 6.07) is 19.9. The first kappa shape index (κ1) is 18.8. The highest BCUT2D eigenvalue weighted by Crippen LogP contribution is 2.28. The largest absolute Gasteiger partial charge is 0.353 e. The number of amides is 1. The molecule has 1 unspecified atom stereocenters. The van der Waals surface area contributed by atoms with E-state index < -0.39 is 10.8 Å². The van der Waals surface area contributed by atoms with Crippen LogP contribution in [0, 0.1) is 5.92 Å². The third-order valence-corrected chi connectivity index (χ3v) is 6.74. The molecule has 1 atom stereocenters. The Morgan fingerprint density at radius 2 is 1.46 bits per heavy atom. The smallest absolute Gasteiger partial charge is 0.232 e. The summed E-state index contributed by atoms with van der Waals surface area (Å²) >= 11 is 0. The van der Waals surface area contributed by atoms with Crippen LogP contribution in [0.5, 0.6) is 0 Å². The molecule has 1 aliphatic rings. The topological polar surface area (TPSA) is 46.2 Å². The molecule has 0 aromatic heterocycles. The van der Waals surface area contributed by atoms with E-state index in [-0.39, 0.29) is 23.0 Å². The van der Waals surface area contributed by atoms with E-state index in [0.29, 0.717) is 0 Å². The van der Waals surface area contributed by atoms with Crippen molar-refractivity contribution in [2.75, 3.05) is 5.75 Å². The van der Waals surface area contributed by atoms with Crippen LogP contribution in [-0.4, -0.2) is 21.9 Å². The molecule has 3 nitrogen and oxygen atoms in total. The Hall–Kier alpha value is -1.94. The molecule has 1 amide bonds. The van der Waals surface area contributed by atoms with Crippen molar-refractivity contribution in [2.24, 2.45) is 5.92 Å². The lowest BCUT2D eigenvalue weighted by atomic mass is 9.87. The fourth-order valence-electron chi connectivity index (χ4n) is 3.64. The molecule has 0 radical (unpaired) electrons. The highest BCUT2D eigenvalue weighted by atomic mass is 32.2. The number of rotatable bonds is 6. The maximum absolute atomic E-state index is 13.1. The van der Waals surface area contributed by atoms with Gasteiger partial charge in [-0.3, -0.25) is 9.00 Å². The van der Waals surface area contributed by atoms with Gasteiger partial charge in [-0.2, -0.15) is 0 Å². The van der Waals surface area contributed by atoms with Crippen molar-refractivity contribution in [2.45, 2.75) is 43.9 Å². The number of carbonyl (C=O) groups is 1. The van der Waals surface area contributed by atoms with Crippen LogP contribution in [0.3, 0.4) is 0 Å². The Morgan fingerprint density at radius 3 is 1.96 bits per heavy atom. The van der Waals surface area contributed by atoms with E-state index in [0.717, 1.165) is 42.7 Å². The average molecular weight is 370 g/mol. The zero-order chi connectivity index (χ0) is 18.4. The quantitative estimate of drug-likeness (QED) is 0.829. The van der Waals surface area contributed by atoms with Gasteiger partial charge in [0.25, 0.3) is 0 Å². The van der Waals surface area contributed by atoms with Gasteiger partial charge >= 0.3 is 0 Å². The molecular weight excluding hydrogens is 342 g/mol. The number of hydrogen-bond donors (Lipinski definition) is 1. The van der Waals surface area contributed by atoms with E-state index >= 15 is 0 Å². The second-order valence-electron chi connectivity index (χ2n) is 7.25. The van der Waals surface area contributed by atoms with Gasteiger partial charge in [-0.25, -0.2) is 0 Å². The summed E-state index contributed by atoms with van der Waals surface area (Å²) in [6.45, 7) is 2.26. The van der Waals surface area contributed by atoms with Crippen molar-refractivity contribution < 1.29 is 9.00 Å². The number of hydrogen-bond acceptors (Lipinski definition) is 2. The standard InChI is InChI=1S/C22H27NO2S/c1-17-12-14-20(15-13-17)23-21(24)16-26(25)22(18-8-4-2-5-9-18)19-10-6-3-7-11-19/h2-11,17,20,22H,12-16H2,1H3,(H,23,24). The molecule has 0 spiro atoms. The summed E-state index contributed by atoms with van der Waals surface area (Å²) in [4.78, 5) is 12.5. The molecule has 138 valence electrons. The second kappa shape index (κ2) is 9.13. The molecule has 0 heterocycles. The zero-order valence-electron chi connectivity index (χ0n) is 15.3. The van der Waals surface area contributed by atoms with E-state index in [4.69, 9.17) is 0 Å². The summed E-state index contributed by atoms with van der Waals surface area (Å²) in [5.74, 6) is 0.693. The number of nitrogens with one attached hydrogen (secondary N) is 1. The van der Waals surface area contributed by atoms with Gasteiger partial charge < -0.3 is 5.32 Å². The van der Waals surface area contributed by atoms with E-state index in [2.05, 4.69) is 12.2 Å². The minimum absolute atomic E-state index is 0.0422. The lowest BCUT2D eigenvalue weighted by molar-refractivity contribution is -0.119. The third-order valence-electron chi connectivity index (χ3n) is 5.12. The van der Waals surface area contributed by atoms with Crippen molar-refractivity contribution in [3.05, 3.63) is 71.8 Å². The minimum Gasteiger partial charge on any atom is -0.353 e. The van der Waals surface area contributed by atoms with Gasteiger partial charge in [-0.05, 0) is 42.7 Å². The normalized spacial score (nSPS) is 21.3. The predicted molar refractivity (Wildman–Crippen MR) is 107 cm³/mol. The molecule has 0 saturated heterocycles. The summed E-state index contributed by atoms with van der Waals surface area (Å²) < 4.78 is 13.1. The first-order valence-electron chi connectivity index (χ1n) is 9.40. The van der Waals surface area contributed by atoms with Gasteiger partial charge in [0.1, 0.15) is 5.75 Å². The zero-order valence-corrected chi connectivity index (χ0v) is 16.1. The number of benzene rings is 2. The van der Waals surface area contributed by atoms with Crippen molar-refractivity contribution in [1.82, 2.24) is 5.32 Å². The van der Waals surface area contributed by atoms with Crippen LogP contribution in [-0.2, 0) is 15.6 Å². The van der Waals surface area contributed by atoms with E-state index in [1.165, 1.54) is 0 Å². The Balaban J connectivity index is 1.69. The van der Waals surface area contributed by atoms with Crippen molar-refractivity contribution in [1.29, 1.82) is 0 Å². The van der Waals surface area contributed by atoms with Crippen LogP contribution in [0.25, 0.3) is 0 Å². The fourth-order valence-corrected chi connectivity index (χ4v) is 5.07. The summed E-state index contributed by atoms with van der Waals surface area (Å²) in [7, 11) is -1.31. The van der Waals surface area contributed by atoms with E-state index in [1.807, 2.05) is 60.7 Å². The summed E-state index contributed by atoms with van der Waals surface area (Å²) in [5, 5.41) is 2.81. The number of carbonyl (C=O) groups excluding carboxylic acids is 1. The highest BCUT2D eigenvalue weighted by Gasteiger charge is 2.25. The Morgan fingerprint density at radius 1 is 0.962 bits per heavy atom. The minimum atomic E-state index is -1.31. The molecule has 2 aromatic carbocycles. The molecule has 0 aliphatic heterocycles. The molecule has 1 aliphatic carbocycles.